The molecule has 5 nitrogen and oxygen atoms in total. The second-order valence-electron chi connectivity index (χ2n) is 6.77. The highest BCUT2D eigenvalue weighted by Crippen LogP contribution is 2.21. The van der Waals surface area contributed by atoms with Gasteiger partial charge in [-0.2, -0.15) is 5.10 Å². The fourth-order valence-corrected chi connectivity index (χ4v) is 3.51. The Morgan fingerprint density at radius 1 is 1.33 bits per heavy atom. The molecule has 0 N–H and O–H groups in total. The van der Waals surface area contributed by atoms with E-state index < -0.39 is 0 Å². The van der Waals surface area contributed by atoms with E-state index in [9.17, 15) is 4.79 Å². The minimum Gasteiger partial charge on any atom is -0.342 e. The zero-order valence-electron chi connectivity index (χ0n) is 14.6. The molecule has 5 heteroatoms. The van der Waals surface area contributed by atoms with E-state index in [1.54, 1.807) is 6.20 Å². The molecule has 1 atom stereocenters. The van der Waals surface area contributed by atoms with Gasteiger partial charge in [0, 0.05) is 49.8 Å². The predicted molar refractivity (Wildman–Crippen MR) is 93.5 cm³/mol. The smallest absolute Gasteiger partial charge is 0.222 e. The zero-order valence-corrected chi connectivity index (χ0v) is 14.6. The standard InChI is InChI=1S/C19H26N4O/c1-15-5-3-7-17(21-15)13-16-6-4-12-23(14-16)19(24)9-8-18-10-11-20-22(18)2/h3,5,7,10-11,16H,4,6,8-9,12-14H2,1-2H3/t16-/m1/s1. The lowest BCUT2D eigenvalue weighted by atomic mass is 9.93. The molecule has 3 rings (SSSR count). The molecular weight excluding hydrogens is 300 g/mol. The van der Waals surface area contributed by atoms with Crippen LogP contribution >= 0.6 is 0 Å². The van der Waals surface area contributed by atoms with Gasteiger partial charge in [-0.05, 0) is 56.7 Å². The number of hydrogen-bond donors (Lipinski definition) is 0. The zero-order chi connectivity index (χ0) is 16.9. The molecule has 0 aliphatic carbocycles. The van der Waals surface area contributed by atoms with Crippen molar-refractivity contribution >= 4 is 5.91 Å². The second-order valence-corrected chi connectivity index (χ2v) is 6.77. The summed E-state index contributed by atoms with van der Waals surface area (Å²) in [6.07, 6.45) is 6.35. The number of aryl methyl sites for hydroxylation is 3. The Morgan fingerprint density at radius 2 is 2.21 bits per heavy atom. The van der Waals surface area contributed by atoms with Crippen LogP contribution in [-0.2, 0) is 24.7 Å². The van der Waals surface area contributed by atoms with Crippen molar-refractivity contribution in [2.24, 2.45) is 13.0 Å². The lowest BCUT2D eigenvalue weighted by Gasteiger charge is -2.33. The minimum absolute atomic E-state index is 0.262. The van der Waals surface area contributed by atoms with Crippen LogP contribution in [-0.4, -0.2) is 38.7 Å². The number of aromatic nitrogens is 3. The van der Waals surface area contributed by atoms with E-state index in [2.05, 4.69) is 22.2 Å². The quantitative estimate of drug-likeness (QED) is 0.848. The molecule has 1 fully saturated rings. The van der Waals surface area contributed by atoms with Crippen LogP contribution < -0.4 is 0 Å². The predicted octanol–water partition coefficient (Wildman–Crippen LogP) is 2.54. The van der Waals surface area contributed by atoms with Crippen LogP contribution in [0.15, 0.2) is 30.5 Å². The molecule has 1 saturated heterocycles. The summed E-state index contributed by atoms with van der Waals surface area (Å²) >= 11 is 0. The van der Waals surface area contributed by atoms with Crippen molar-refractivity contribution in [3.63, 3.8) is 0 Å². The average Bonchev–Trinajstić information content (AvgIpc) is 2.98. The van der Waals surface area contributed by atoms with E-state index >= 15 is 0 Å². The Balaban J connectivity index is 1.53. The van der Waals surface area contributed by atoms with Gasteiger partial charge in [0.15, 0.2) is 0 Å². The van der Waals surface area contributed by atoms with Gasteiger partial charge in [0.1, 0.15) is 0 Å². The molecule has 0 saturated carbocycles. The summed E-state index contributed by atoms with van der Waals surface area (Å²) in [5, 5.41) is 4.16. The van der Waals surface area contributed by atoms with Crippen LogP contribution in [0.25, 0.3) is 0 Å². The lowest BCUT2D eigenvalue weighted by molar-refractivity contribution is -0.133. The summed E-state index contributed by atoms with van der Waals surface area (Å²) in [6, 6.07) is 8.17. The van der Waals surface area contributed by atoms with Crippen LogP contribution in [0.2, 0.25) is 0 Å². The van der Waals surface area contributed by atoms with E-state index in [1.165, 1.54) is 6.42 Å². The molecule has 1 aliphatic heterocycles. The van der Waals surface area contributed by atoms with Gasteiger partial charge in [-0.15, -0.1) is 0 Å². The number of hydrogen-bond acceptors (Lipinski definition) is 3. The third kappa shape index (κ3) is 4.22. The van der Waals surface area contributed by atoms with Crippen molar-refractivity contribution in [3.05, 3.63) is 47.5 Å². The van der Waals surface area contributed by atoms with Gasteiger partial charge >= 0.3 is 0 Å². The summed E-state index contributed by atoms with van der Waals surface area (Å²) in [5.41, 5.74) is 3.32. The maximum atomic E-state index is 12.5. The van der Waals surface area contributed by atoms with Crippen molar-refractivity contribution in [2.75, 3.05) is 13.1 Å². The number of pyridine rings is 1. The highest BCUT2D eigenvalue weighted by atomic mass is 16.2. The number of rotatable bonds is 5. The topological polar surface area (TPSA) is 51.0 Å². The molecule has 128 valence electrons. The van der Waals surface area contributed by atoms with Crippen molar-refractivity contribution < 1.29 is 4.79 Å². The highest BCUT2D eigenvalue weighted by molar-refractivity contribution is 5.76. The summed E-state index contributed by atoms with van der Waals surface area (Å²) in [7, 11) is 1.92. The normalized spacial score (nSPS) is 17.9. The van der Waals surface area contributed by atoms with Crippen molar-refractivity contribution in [1.29, 1.82) is 0 Å². The molecule has 0 aromatic carbocycles. The fraction of sp³-hybridized carbons (Fsp3) is 0.526. The Bertz CT molecular complexity index is 694. The molecule has 3 heterocycles. The molecule has 1 aliphatic rings. The first kappa shape index (κ1) is 16.7. The monoisotopic (exact) mass is 326 g/mol. The van der Waals surface area contributed by atoms with E-state index in [-0.39, 0.29) is 5.91 Å². The van der Waals surface area contributed by atoms with Gasteiger partial charge in [-0.1, -0.05) is 6.07 Å². The Kier molecular flexibility index (Phi) is 5.28. The first-order chi connectivity index (χ1) is 11.6. The van der Waals surface area contributed by atoms with Crippen LogP contribution in [0.4, 0.5) is 0 Å². The fourth-order valence-electron chi connectivity index (χ4n) is 3.51. The molecule has 1 amide bonds. The first-order valence-corrected chi connectivity index (χ1v) is 8.79. The lowest BCUT2D eigenvalue weighted by Crippen LogP contribution is -2.40. The number of amides is 1. The van der Waals surface area contributed by atoms with Crippen molar-refractivity contribution in [2.45, 2.75) is 39.0 Å². The van der Waals surface area contributed by atoms with Gasteiger partial charge in [0.2, 0.25) is 5.91 Å². The second kappa shape index (κ2) is 7.60. The Labute approximate surface area is 143 Å². The maximum absolute atomic E-state index is 12.5. The molecule has 0 unspecified atom stereocenters. The molecule has 2 aromatic heterocycles. The van der Waals surface area contributed by atoms with E-state index in [4.69, 9.17) is 0 Å². The highest BCUT2D eigenvalue weighted by Gasteiger charge is 2.24. The van der Waals surface area contributed by atoms with E-state index in [1.807, 2.05) is 35.7 Å². The number of carbonyl (C=O) groups excluding carboxylic acids is 1. The molecular formula is C19H26N4O. The number of carbonyl (C=O) groups is 1. The summed E-state index contributed by atoms with van der Waals surface area (Å²) in [5.74, 6) is 0.784. The third-order valence-electron chi connectivity index (χ3n) is 4.83. The average molecular weight is 326 g/mol. The minimum atomic E-state index is 0.262. The SMILES string of the molecule is Cc1cccc(C[C@H]2CCCN(C(=O)CCc3ccnn3C)C2)n1. The molecule has 2 aromatic rings. The van der Waals surface area contributed by atoms with Crippen LogP contribution in [0.5, 0.6) is 0 Å². The van der Waals surface area contributed by atoms with Gasteiger partial charge in [0.05, 0.1) is 0 Å². The maximum Gasteiger partial charge on any atom is 0.222 e. The van der Waals surface area contributed by atoms with Crippen LogP contribution in [0, 0.1) is 12.8 Å². The Hall–Kier alpha value is -2.17. The number of nitrogens with zero attached hydrogens (tertiary/aromatic N) is 4. The number of piperidine rings is 1. The molecule has 0 spiro atoms. The third-order valence-corrected chi connectivity index (χ3v) is 4.83. The van der Waals surface area contributed by atoms with Gasteiger partial charge < -0.3 is 4.90 Å². The van der Waals surface area contributed by atoms with Crippen LogP contribution in [0.3, 0.4) is 0 Å². The molecule has 0 radical (unpaired) electrons. The van der Waals surface area contributed by atoms with Gasteiger partial charge in [-0.3, -0.25) is 14.5 Å². The first-order valence-electron chi connectivity index (χ1n) is 8.79. The van der Waals surface area contributed by atoms with Gasteiger partial charge in [0.25, 0.3) is 0 Å². The van der Waals surface area contributed by atoms with E-state index in [0.717, 1.165) is 49.4 Å². The van der Waals surface area contributed by atoms with E-state index in [0.29, 0.717) is 12.3 Å². The van der Waals surface area contributed by atoms with Crippen molar-refractivity contribution in [1.82, 2.24) is 19.7 Å². The summed E-state index contributed by atoms with van der Waals surface area (Å²) in [6.45, 7) is 3.78. The van der Waals surface area contributed by atoms with Crippen LogP contribution in [0.1, 0.15) is 36.3 Å². The van der Waals surface area contributed by atoms with Crippen molar-refractivity contribution in [3.8, 4) is 0 Å². The van der Waals surface area contributed by atoms with Gasteiger partial charge in [-0.25, -0.2) is 0 Å². The molecule has 24 heavy (non-hydrogen) atoms. The summed E-state index contributed by atoms with van der Waals surface area (Å²) < 4.78 is 1.84. The number of likely N-dealkylation sites (tertiary alicyclic amines) is 1. The largest absolute Gasteiger partial charge is 0.342 e. The molecule has 0 bridgehead atoms. The Morgan fingerprint density at radius 3 is 2.96 bits per heavy atom. The summed E-state index contributed by atoms with van der Waals surface area (Å²) in [4.78, 5) is 19.2.